The first kappa shape index (κ1) is 20.7. The summed E-state index contributed by atoms with van der Waals surface area (Å²) >= 11 is 0. The number of hydrogen-bond donors (Lipinski definition) is 0. The van der Waals surface area contributed by atoms with Crippen molar-refractivity contribution in [3.63, 3.8) is 0 Å². The quantitative estimate of drug-likeness (QED) is 0.515. The van der Waals surface area contributed by atoms with Gasteiger partial charge in [-0.1, -0.05) is 42.8 Å². The smallest absolute Gasteiger partial charge is 0.416 e. The third-order valence-electron chi connectivity index (χ3n) is 5.33. The van der Waals surface area contributed by atoms with Crippen molar-refractivity contribution in [2.75, 3.05) is 19.7 Å². The van der Waals surface area contributed by atoms with Gasteiger partial charge in [-0.05, 0) is 69.0 Å². The molecule has 0 amide bonds. The van der Waals surface area contributed by atoms with Crippen molar-refractivity contribution < 1.29 is 17.9 Å². The Balaban J connectivity index is 1.41. The van der Waals surface area contributed by atoms with E-state index in [1.807, 2.05) is 6.07 Å². The predicted molar refractivity (Wildman–Crippen MR) is 106 cm³/mol. The molecule has 5 heteroatoms. The van der Waals surface area contributed by atoms with E-state index in [-0.39, 0.29) is 5.75 Å². The molecule has 0 radical (unpaired) electrons. The Bertz CT molecular complexity index is 717. The van der Waals surface area contributed by atoms with Crippen LogP contribution in [-0.4, -0.2) is 30.6 Å². The van der Waals surface area contributed by atoms with Crippen molar-refractivity contribution in [1.82, 2.24) is 4.90 Å². The van der Waals surface area contributed by atoms with Crippen LogP contribution in [0.4, 0.5) is 13.2 Å². The molecular weight excluding hydrogens is 363 g/mol. The molecule has 1 unspecified atom stereocenters. The fourth-order valence-electron chi connectivity index (χ4n) is 3.84. The molecule has 2 aromatic rings. The highest BCUT2D eigenvalue weighted by molar-refractivity contribution is 5.30. The Kier molecular flexibility index (Phi) is 7.37. The lowest BCUT2D eigenvalue weighted by molar-refractivity contribution is -0.137. The van der Waals surface area contributed by atoms with Crippen LogP contribution in [0.3, 0.4) is 0 Å². The summed E-state index contributed by atoms with van der Waals surface area (Å²) in [4.78, 5) is 2.57. The van der Waals surface area contributed by atoms with E-state index in [4.69, 9.17) is 4.74 Å². The molecular formula is C23H28F3NO. The lowest BCUT2D eigenvalue weighted by Crippen LogP contribution is -2.41. The Morgan fingerprint density at radius 2 is 1.79 bits per heavy atom. The maximum atomic E-state index is 12.7. The van der Waals surface area contributed by atoms with Gasteiger partial charge in [0, 0.05) is 6.04 Å². The van der Waals surface area contributed by atoms with Crippen LogP contribution >= 0.6 is 0 Å². The van der Waals surface area contributed by atoms with Crippen LogP contribution in [0.2, 0.25) is 0 Å². The maximum Gasteiger partial charge on any atom is 0.416 e. The fraction of sp³-hybridized carbons (Fsp3) is 0.478. The molecule has 2 nitrogen and oxygen atoms in total. The molecule has 3 rings (SSSR count). The Labute approximate surface area is 165 Å². The van der Waals surface area contributed by atoms with Crippen molar-refractivity contribution in [3.05, 3.63) is 65.7 Å². The first-order valence-electron chi connectivity index (χ1n) is 10.1. The first-order chi connectivity index (χ1) is 13.5. The van der Waals surface area contributed by atoms with Gasteiger partial charge in [0.2, 0.25) is 0 Å². The van der Waals surface area contributed by atoms with Gasteiger partial charge in [0.25, 0.3) is 0 Å². The number of likely N-dealkylation sites (tertiary alicyclic amines) is 1. The summed E-state index contributed by atoms with van der Waals surface area (Å²) in [6.07, 6.45) is 2.34. The average Bonchev–Trinajstić information content (AvgIpc) is 2.69. The molecule has 1 heterocycles. The van der Waals surface area contributed by atoms with Gasteiger partial charge in [0.1, 0.15) is 5.75 Å². The zero-order valence-electron chi connectivity index (χ0n) is 16.1. The van der Waals surface area contributed by atoms with Gasteiger partial charge < -0.3 is 9.64 Å². The van der Waals surface area contributed by atoms with Crippen LogP contribution < -0.4 is 4.74 Å². The molecule has 0 aliphatic carbocycles. The number of unbranched alkanes of at least 4 members (excludes halogenated alkanes) is 1. The Morgan fingerprint density at radius 1 is 0.964 bits per heavy atom. The third kappa shape index (κ3) is 6.26. The van der Waals surface area contributed by atoms with Crippen LogP contribution in [0.1, 0.15) is 43.2 Å². The lowest BCUT2D eigenvalue weighted by Gasteiger charge is -2.36. The second kappa shape index (κ2) is 9.97. The SMILES string of the molecule is FC(F)(F)c1cccc(OCCCCN2CCCCC2Cc2ccccc2)c1. The summed E-state index contributed by atoms with van der Waals surface area (Å²) in [5.74, 6) is 0.287. The highest BCUT2D eigenvalue weighted by Gasteiger charge is 2.30. The molecule has 1 aliphatic heterocycles. The number of halogens is 3. The number of piperidine rings is 1. The second-order valence-corrected chi connectivity index (χ2v) is 7.46. The average molecular weight is 391 g/mol. The molecule has 1 aliphatic rings. The van der Waals surface area contributed by atoms with Gasteiger partial charge in [0.15, 0.2) is 0 Å². The van der Waals surface area contributed by atoms with E-state index in [0.717, 1.165) is 44.5 Å². The zero-order chi connectivity index (χ0) is 19.8. The monoisotopic (exact) mass is 391 g/mol. The zero-order valence-corrected chi connectivity index (χ0v) is 16.1. The van der Waals surface area contributed by atoms with Gasteiger partial charge in [0.05, 0.1) is 12.2 Å². The van der Waals surface area contributed by atoms with E-state index < -0.39 is 11.7 Å². The standard InChI is InChI=1S/C23H28F3NO/c24-23(25,26)20-11-8-13-22(18-20)28-16-7-6-15-27-14-5-4-12-21(27)17-19-9-2-1-3-10-19/h1-3,8-11,13,18,21H,4-7,12,14-17H2. The van der Waals surface area contributed by atoms with E-state index >= 15 is 0 Å². The van der Waals surface area contributed by atoms with Crippen LogP contribution in [0.5, 0.6) is 5.75 Å². The minimum Gasteiger partial charge on any atom is -0.494 e. The predicted octanol–water partition coefficient (Wildman–Crippen LogP) is 5.96. The molecule has 1 saturated heterocycles. The van der Waals surface area contributed by atoms with Crippen molar-refractivity contribution in [2.45, 2.75) is 50.7 Å². The first-order valence-corrected chi connectivity index (χ1v) is 10.1. The van der Waals surface area contributed by atoms with E-state index in [1.165, 1.54) is 30.9 Å². The van der Waals surface area contributed by atoms with Gasteiger partial charge in [-0.2, -0.15) is 13.2 Å². The minimum atomic E-state index is -4.33. The number of ether oxygens (including phenoxy) is 1. The van der Waals surface area contributed by atoms with E-state index in [9.17, 15) is 13.2 Å². The number of alkyl halides is 3. The van der Waals surface area contributed by atoms with Crippen LogP contribution in [0.15, 0.2) is 54.6 Å². The number of nitrogens with zero attached hydrogens (tertiary/aromatic N) is 1. The number of rotatable bonds is 8. The molecule has 0 aromatic heterocycles. The molecule has 0 N–H and O–H groups in total. The summed E-state index contributed by atoms with van der Waals surface area (Å²) in [5, 5.41) is 0. The molecule has 0 bridgehead atoms. The summed E-state index contributed by atoms with van der Waals surface area (Å²) in [6.45, 7) is 2.59. The molecule has 152 valence electrons. The highest BCUT2D eigenvalue weighted by Crippen LogP contribution is 2.31. The third-order valence-corrected chi connectivity index (χ3v) is 5.33. The van der Waals surface area contributed by atoms with Gasteiger partial charge >= 0.3 is 6.18 Å². The molecule has 1 atom stereocenters. The van der Waals surface area contributed by atoms with Crippen molar-refractivity contribution >= 4 is 0 Å². The Hall–Kier alpha value is -2.01. The molecule has 0 spiro atoms. The fourth-order valence-corrected chi connectivity index (χ4v) is 3.84. The summed E-state index contributed by atoms with van der Waals surface area (Å²) in [7, 11) is 0. The number of benzene rings is 2. The van der Waals surface area contributed by atoms with Crippen LogP contribution in [0.25, 0.3) is 0 Å². The van der Waals surface area contributed by atoms with E-state index in [1.54, 1.807) is 6.07 Å². The van der Waals surface area contributed by atoms with Crippen LogP contribution in [0, 0.1) is 0 Å². The van der Waals surface area contributed by atoms with Gasteiger partial charge in [-0.25, -0.2) is 0 Å². The highest BCUT2D eigenvalue weighted by atomic mass is 19.4. The molecule has 0 saturated carbocycles. The molecule has 1 fully saturated rings. The largest absolute Gasteiger partial charge is 0.494 e. The van der Waals surface area contributed by atoms with Gasteiger partial charge in [-0.3, -0.25) is 0 Å². The number of hydrogen-bond acceptors (Lipinski definition) is 2. The van der Waals surface area contributed by atoms with Gasteiger partial charge in [-0.15, -0.1) is 0 Å². The van der Waals surface area contributed by atoms with Crippen molar-refractivity contribution in [2.24, 2.45) is 0 Å². The molecule has 28 heavy (non-hydrogen) atoms. The van der Waals surface area contributed by atoms with Crippen molar-refractivity contribution in [1.29, 1.82) is 0 Å². The van der Waals surface area contributed by atoms with E-state index in [0.29, 0.717) is 12.6 Å². The molecule has 2 aromatic carbocycles. The Morgan fingerprint density at radius 3 is 2.57 bits per heavy atom. The van der Waals surface area contributed by atoms with Crippen molar-refractivity contribution in [3.8, 4) is 5.75 Å². The minimum absolute atomic E-state index is 0.287. The van der Waals surface area contributed by atoms with Crippen LogP contribution in [-0.2, 0) is 12.6 Å². The van der Waals surface area contributed by atoms with E-state index in [2.05, 4.69) is 29.2 Å². The maximum absolute atomic E-state index is 12.7. The summed E-state index contributed by atoms with van der Waals surface area (Å²) < 4.78 is 43.8. The summed E-state index contributed by atoms with van der Waals surface area (Å²) in [6, 6.07) is 16.3. The topological polar surface area (TPSA) is 12.5 Å². The summed E-state index contributed by atoms with van der Waals surface area (Å²) in [5.41, 5.74) is 0.717. The lowest BCUT2D eigenvalue weighted by atomic mass is 9.95. The normalized spacial score (nSPS) is 18.2. The second-order valence-electron chi connectivity index (χ2n) is 7.46.